The topological polar surface area (TPSA) is 104 Å². The summed E-state index contributed by atoms with van der Waals surface area (Å²) in [6, 6.07) is 4.69. The Labute approximate surface area is 129 Å². The first kappa shape index (κ1) is 15.8. The van der Waals surface area contributed by atoms with Crippen LogP contribution in [0.2, 0.25) is 0 Å². The summed E-state index contributed by atoms with van der Waals surface area (Å²) in [5.74, 6) is -2.60. The zero-order valence-corrected chi connectivity index (χ0v) is 12.6. The van der Waals surface area contributed by atoms with E-state index in [0.29, 0.717) is 15.6 Å². The molecule has 0 aliphatic heterocycles. The SMILES string of the molecule is CN(C)C(=O)c1ccc2c(OCC(=O)O)c(C(=O)O)sc2c1. The summed E-state index contributed by atoms with van der Waals surface area (Å²) in [7, 11) is 3.23. The van der Waals surface area contributed by atoms with Crippen LogP contribution in [0.15, 0.2) is 18.2 Å². The Kier molecular flexibility index (Phi) is 4.32. The number of aromatic carboxylic acids is 1. The molecule has 0 spiro atoms. The van der Waals surface area contributed by atoms with E-state index in [1.54, 1.807) is 32.3 Å². The lowest BCUT2D eigenvalue weighted by Gasteiger charge is -2.10. The van der Waals surface area contributed by atoms with Crippen LogP contribution in [0, 0.1) is 0 Å². The summed E-state index contributed by atoms with van der Waals surface area (Å²) < 4.78 is 5.64. The molecule has 1 heterocycles. The molecule has 0 aliphatic rings. The molecule has 2 rings (SSSR count). The second-order valence-electron chi connectivity index (χ2n) is 4.66. The zero-order chi connectivity index (χ0) is 16.4. The van der Waals surface area contributed by atoms with E-state index in [1.165, 1.54) is 4.90 Å². The highest BCUT2D eigenvalue weighted by Crippen LogP contribution is 2.38. The predicted octanol–water partition coefficient (Wildman–Crippen LogP) is 1.76. The van der Waals surface area contributed by atoms with Crippen molar-refractivity contribution in [2.45, 2.75) is 0 Å². The fourth-order valence-electron chi connectivity index (χ4n) is 1.88. The molecule has 1 aromatic heterocycles. The Hall–Kier alpha value is -2.61. The molecule has 2 aromatic rings. The largest absolute Gasteiger partial charge is 0.479 e. The summed E-state index contributed by atoms with van der Waals surface area (Å²) >= 11 is 0.939. The van der Waals surface area contributed by atoms with Crippen LogP contribution in [-0.4, -0.2) is 53.7 Å². The molecule has 0 bridgehead atoms. The standard InChI is InChI=1S/C14H13NO6S/c1-15(2)13(18)7-3-4-8-9(5-7)22-12(14(19)20)11(8)21-6-10(16)17/h3-5H,6H2,1-2H3,(H,16,17)(H,19,20). The van der Waals surface area contributed by atoms with Gasteiger partial charge in [-0.15, -0.1) is 11.3 Å². The predicted molar refractivity (Wildman–Crippen MR) is 79.9 cm³/mol. The Morgan fingerprint density at radius 2 is 1.91 bits per heavy atom. The molecule has 0 unspecified atom stereocenters. The number of carbonyl (C=O) groups excluding carboxylic acids is 1. The second kappa shape index (κ2) is 6.02. The molecule has 1 aromatic carbocycles. The third-order valence-corrected chi connectivity index (χ3v) is 3.95. The Bertz CT molecular complexity index is 764. The highest BCUT2D eigenvalue weighted by atomic mass is 32.1. The number of ether oxygens (including phenoxy) is 1. The van der Waals surface area contributed by atoms with Crippen molar-refractivity contribution < 1.29 is 29.3 Å². The van der Waals surface area contributed by atoms with Gasteiger partial charge in [-0.1, -0.05) is 0 Å². The van der Waals surface area contributed by atoms with Gasteiger partial charge in [-0.2, -0.15) is 0 Å². The van der Waals surface area contributed by atoms with E-state index in [9.17, 15) is 19.5 Å². The lowest BCUT2D eigenvalue weighted by molar-refractivity contribution is -0.139. The van der Waals surface area contributed by atoms with Crippen LogP contribution in [0.25, 0.3) is 10.1 Å². The zero-order valence-electron chi connectivity index (χ0n) is 11.8. The van der Waals surface area contributed by atoms with Crippen molar-refractivity contribution >= 4 is 39.3 Å². The van der Waals surface area contributed by atoms with E-state index in [4.69, 9.17) is 9.84 Å². The van der Waals surface area contributed by atoms with E-state index in [0.717, 1.165) is 11.3 Å². The molecule has 0 radical (unpaired) electrons. The molecular formula is C14H13NO6S. The molecule has 116 valence electrons. The van der Waals surface area contributed by atoms with Gasteiger partial charge in [0.1, 0.15) is 0 Å². The van der Waals surface area contributed by atoms with Crippen molar-refractivity contribution in [1.82, 2.24) is 4.90 Å². The Morgan fingerprint density at radius 1 is 1.23 bits per heavy atom. The number of rotatable bonds is 5. The number of hydrogen-bond donors (Lipinski definition) is 2. The normalized spacial score (nSPS) is 10.5. The van der Waals surface area contributed by atoms with Crippen LogP contribution >= 0.6 is 11.3 Å². The van der Waals surface area contributed by atoms with Gasteiger partial charge in [-0.05, 0) is 18.2 Å². The summed E-state index contributed by atoms with van der Waals surface area (Å²) in [5, 5.41) is 18.4. The lowest BCUT2D eigenvalue weighted by Crippen LogP contribution is -2.21. The highest BCUT2D eigenvalue weighted by molar-refractivity contribution is 7.21. The van der Waals surface area contributed by atoms with Gasteiger partial charge in [-0.3, -0.25) is 4.79 Å². The maximum Gasteiger partial charge on any atom is 0.349 e. The van der Waals surface area contributed by atoms with Crippen LogP contribution in [0.5, 0.6) is 5.75 Å². The Morgan fingerprint density at radius 3 is 2.45 bits per heavy atom. The number of thiophene rings is 1. The molecular weight excluding hydrogens is 310 g/mol. The minimum absolute atomic E-state index is 0.0127. The molecule has 8 heteroatoms. The van der Waals surface area contributed by atoms with Crippen molar-refractivity contribution in [2.24, 2.45) is 0 Å². The lowest BCUT2D eigenvalue weighted by atomic mass is 10.1. The number of aliphatic carboxylic acids is 1. The highest BCUT2D eigenvalue weighted by Gasteiger charge is 2.21. The minimum atomic E-state index is -1.21. The van der Waals surface area contributed by atoms with Crippen LogP contribution < -0.4 is 4.74 Å². The van der Waals surface area contributed by atoms with Crippen molar-refractivity contribution in [3.63, 3.8) is 0 Å². The first-order valence-electron chi connectivity index (χ1n) is 6.17. The number of carboxylic acid groups (broad SMARTS) is 2. The van der Waals surface area contributed by atoms with Crippen LogP contribution in [0.1, 0.15) is 20.0 Å². The molecule has 1 amide bonds. The number of benzene rings is 1. The molecule has 0 atom stereocenters. The molecule has 0 saturated heterocycles. The van der Waals surface area contributed by atoms with Gasteiger partial charge in [0.25, 0.3) is 5.91 Å². The summed E-state index contributed by atoms with van der Waals surface area (Å²) in [5.41, 5.74) is 0.417. The molecule has 22 heavy (non-hydrogen) atoms. The molecule has 0 fully saturated rings. The fourth-order valence-corrected chi connectivity index (χ4v) is 2.91. The molecule has 2 N–H and O–H groups in total. The summed E-state index contributed by atoms with van der Waals surface area (Å²) in [4.78, 5) is 35.1. The van der Waals surface area contributed by atoms with Crippen molar-refractivity contribution in [2.75, 3.05) is 20.7 Å². The van der Waals surface area contributed by atoms with Crippen LogP contribution in [0.4, 0.5) is 0 Å². The van der Waals surface area contributed by atoms with E-state index in [-0.39, 0.29) is 16.5 Å². The third-order valence-electron chi connectivity index (χ3n) is 2.83. The third kappa shape index (κ3) is 3.01. The van der Waals surface area contributed by atoms with Gasteiger partial charge >= 0.3 is 11.9 Å². The van der Waals surface area contributed by atoms with Crippen molar-refractivity contribution in [3.05, 3.63) is 28.6 Å². The van der Waals surface area contributed by atoms with Gasteiger partial charge in [0, 0.05) is 29.7 Å². The first-order valence-corrected chi connectivity index (χ1v) is 6.99. The second-order valence-corrected chi connectivity index (χ2v) is 5.71. The van der Waals surface area contributed by atoms with Gasteiger partial charge in [0.2, 0.25) is 0 Å². The molecule has 0 saturated carbocycles. The van der Waals surface area contributed by atoms with Gasteiger partial charge < -0.3 is 19.8 Å². The fraction of sp³-hybridized carbons (Fsp3) is 0.214. The maximum atomic E-state index is 11.9. The van der Waals surface area contributed by atoms with Gasteiger partial charge in [0.05, 0.1) is 0 Å². The summed E-state index contributed by atoms with van der Waals surface area (Å²) in [6.45, 7) is -0.634. The monoisotopic (exact) mass is 323 g/mol. The maximum absolute atomic E-state index is 11.9. The van der Waals surface area contributed by atoms with E-state index < -0.39 is 18.5 Å². The van der Waals surface area contributed by atoms with Gasteiger partial charge in [-0.25, -0.2) is 9.59 Å². The van der Waals surface area contributed by atoms with E-state index in [2.05, 4.69) is 0 Å². The van der Waals surface area contributed by atoms with Crippen LogP contribution in [-0.2, 0) is 4.79 Å². The smallest absolute Gasteiger partial charge is 0.349 e. The summed E-state index contributed by atoms with van der Waals surface area (Å²) in [6.07, 6.45) is 0. The average molecular weight is 323 g/mol. The minimum Gasteiger partial charge on any atom is -0.479 e. The van der Waals surface area contributed by atoms with E-state index in [1.807, 2.05) is 0 Å². The first-order chi connectivity index (χ1) is 10.3. The number of nitrogens with zero attached hydrogens (tertiary/aromatic N) is 1. The quantitative estimate of drug-likeness (QED) is 0.869. The van der Waals surface area contributed by atoms with Gasteiger partial charge in [0.15, 0.2) is 17.2 Å². The number of carbonyl (C=O) groups is 3. The Balaban J connectivity index is 2.53. The van der Waals surface area contributed by atoms with Crippen molar-refractivity contribution in [1.29, 1.82) is 0 Å². The number of hydrogen-bond acceptors (Lipinski definition) is 5. The number of fused-ring (bicyclic) bond motifs is 1. The number of amides is 1. The van der Waals surface area contributed by atoms with Crippen LogP contribution in [0.3, 0.4) is 0 Å². The molecule has 7 nitrogen and oxygen atoms in total. The molecule has 0 aliphatic carbocycles. The van der Waals surface area contributed by atoms with E-state index >= 15 is 0 Å². The average Bonchev–Trinajstić information content (AvgIpc) is 2.81. The number of carboxylic acids is 2. The van der Waals surface area contributed by atoms with Crippen molar-refractivity contribution in [3.8, 4) is 5.75 Å².